The first-order chi connectivity index (χ1) is 9.12. The van der Waals surface area contributed by atoms with Crippen LogP contribution in [0.4, 0.5) is 0 Å². The molecule has 1 aromatic rings. The van der Waals surface area contributed by atoms with Gasteiger partial charge in [0, 0.05) is 5.41 Å². The molecule has 0 radical (unpaired) electrons. The first-order valence-electron chi connectivity index (χ1n) is 7.06. The minimum atomic E-state index is -0.341. The predicted octanol–water partition coefficient (Wildman–Crippen LogP) is 3.93. The van der Waals surface area contributed by atoms with Crippen molar-refractivity contribution in [3.05, 3.63) is 35.8 Å². The number of furan rings is 1. The molecule has 0 N–H and O–H groups in total. The average molecular weight is 262 g/mol. The molecule has 1 saturated heterocycles. The Kier molecular flexibility index (Phi) is 3.27. The quantitative estimate of drug-likeness (QED) is 0.718. The second-order valence-corrected chi connectivity index (χ2v) is 6.11. The number of ether oxygens (including phenoxy) is 2. The highest BCUT2D eigenvalue weighted by Gasteiger charge is 2.47. The van der Waals surface area contributed by atoms with Gasteiger partial charge in [0.15, 0.2) is 5.76 Å². The van der Waals surface area contributed by atoms with E-state index in [9.17, 15) is 0 Å². The van der Waals surface area contributed by atoms with Gasteiger partial charge >= 0.3 is 0 Å². The maximum absolute atomic E-state index is 5.95. The molecule has 1 aromatic heterocycles. The minimum Gasteiger partial charge on any atom is -0.464 e. The fourth-order valence-corrected chi connectivity index (χ4v) is 3.48. The molecule has 1 aliphatic heterocycles. The van der Waals surface area contributed by atoms with Crippen LogP contribution in [0, 0.1) is 17.3 Å². The van der Waals surface area contributed by atoms with Crippen molar-refractivity contribution in [2.24, 2.45) is 17.3 Å². The molecule has 1 spiro atoms. The fraction of sp³-hybridized carbons (Fsp3) is 0.625. The summed E-state index contributed by atoms with van der Waals surface area (Å²) in [6.07, 6.45) is 4.83. The lowest BCUT2D eigenvalue weighted by atomic mass is 9.63. The van der Waals surface area contributed by atoms with E-state index < -0.39 is 0 Å². The molecule has 19 heavy (non-hydrogen) atoms. The van der Waals surface area contributed by atoms with Gasteiger partial charge in [0.1, 0.15) is 0 Å². The summed E-state index contributed by atoms with van der Waals surface area (Å²) in [5.74, 6) is 1.84. The summed E-state index contributed by atoms with van der Waals surface area (Å²) < 4.78 is 17.3. The number of allylic oxidation sites excluding steroid dienone is 2. The fourth-order valence-electron chi connectivity index (χ4n) is 3.48. The Bertz CT molecular complexity index is 452. The number of hydrogen-bond donors (Lipinski definition) is 0. The molecule has 3 rings (SSSR count). The van der Waals surface area contributed by atoms with Crippen LogP contribution in [0.1, 0.15) is 39.2 Å². The van der Waals surface area contributed by atoms with Gasteiger partial charge in [-0.15, -0.1) is 0 Å². The monoisotopic (exact) mass is 262 g/mol. The molecule has 2 unspecified atom stereocenters. The van der Waals surface area contributed by atoms with Crippen LogP contribution in [0.15, 0.2) is 34.5 Å². The Hall–Kier alpha value is -1.06. The lowest BCUT2D eigenvalue weighted by Gasteiger charge is -2.49. The molecule has 104 valence electrons. The zero-order valence-electron chi connectivity index (χ0n) is 11.9. The first kappa shape index (κ1) is 12.9. The van der Waals surface area contributed by atoms with Crippen molar-refractivity contribution in [1.82, 2.24) is 0 Å². The minimum absolute atomic E-state index is 0.114. The van der Waals surface area contributed by atoms with Crippen LogP contribution in [0.3, 0.4) is 0 Å². The lowest BCUT2D eigenvalue weighted by Crippen LogP contribution is -2.49. The summed E-state index contributed by atoms with van der Waals surface area (Å²) in [7, 11) is 0. The standard InChI is InChI=1S/C16H22O3/c1-11-7-12(2)16(13(3)8-11)9-18-15(19-10-16)14-5-4-6-17-14/h4-7,12-13,15H,8-10H2,1-3H3. The molecule has 1 aliphatic carbocycles. The van der Waals surface area contributed by atoms with Gasteiger partial charge in [0.2, 0.25) is 6.29 Å². The molecule has 0 saturated carbocycles. The van der Waals surface area contributed by atoms with Gasteiger partial charge in [-0.3, -0.25) is 0 Å². The normalized spacial score (nSPS) is 39.3. The Morgan fingerprint density at radius 1 is 1.21 bits per heavy atom. The summed E-state index contributed by atoms with van der Waals surface area (Å²) >= 11 is 0. The van der Waals surface area contributed by atoms with Gasteiger partial charge in [0.25, 0.3) is 0 Å². The van der Waals surface area contributed by atoms with Crippen LogP contribution in [-0.2, 0) is 9.47 Å². The molecular weight excluding hydrogens is 240 g/mol. The third-order valence-corrected chi connectivity index (χ3v) is 4.83. The third kappa shape index (κ3) is 2.15. The van der Waals surface area contributed by atoms with E-state index in [1.165, 1.54) is 5.57 Å². The van der Waals surface area contributed by atoms with Crippen LogP contribution >= 0.6 is 0 Å². The zero-order valence-corrected chi connectivity index (χ0v) is 11.9. The average Bonchev–Trinajstić information content (AvgIpc) is 2.90. The predicted molar refractivity (Wildman–Crippen MR) is 72.5 cm³/mol. The van der Waals surface area contributed by atoms with Crippen molar-refractivity contribution < 1.29 is 13.9 Å². The van der Waals surface area contributed by atoms with E-state index >= 15 is 0 Å². The summed E-state index contributed by atoms with van der Waals surface area (Å²) in [6.45, 7) is 8.29. The maximum atomic E-state index is 5.95. The second-order valence-electron chi connectivity index (χ2n) is 6.11. The van der Waals surface area contributed by atoms with Crippen LogP contribution in [0.5, 0.6) is 0 Å². The van der Waals surface area contributed by atoms with Crippen LogP contribution < -0.4 is 0 Å². The third-order valence-electron chi connectivity index (χ3n) is 4.83. The summed E-state index contributed by atoms with van der Waals surface area (Å²) in [5.41, 5.74) is 1.60. The van der Waals surface area contributed by atoms with Gasteiger partial charge in [0.05, 0.1) is 19.5 Å². The van der Waals surface area contributed by atoms with E-state index in [0.717, 1.165) is 25.4 Å². The summed E-state index contributed by atoms with van der Waals surface area (Å²) in [6, 6.07) is 3.77. The Balaban J connectivity index is 1.75. The van der Waals surface area contributed by atoms with E-state index in [4.69, 9.17) is 13.9 Å². The number of hydrogen-bond acceptors (Lipinski definition) is 3. The Morgan fingerprint density at radius 2 is 1.95 bits per heavy atom. The Morgan fingerprint density at radius 3 is 2.53 bits per heavy atom. The highest BCUT2D eigenvalue weighted by Crippen LogP contribution is 2.48. The molecule has 2 heterocycles. The molecule has 0 aromatic carbocycles. The van der Waals surface area contributed by atoms with Gasteiger partial charge in [-0.05, 0) is 37.3 Å². The SMILES string of the molecule is CC1=CC(C)C2(COC(c3ccco3)OC2)C(C)C1. The van der Waals surface area contributed by atoms with Crippen molar-refractivity contribution >= 4 is 0 Å². The lowest BCUT2D eigenvalue weighted by molar-refractivity contribution is -0.260. The topological polar surface area (TPSA) is 31.6 Å². The largest absolute Gasteiger partial charge is 0.464 e. The van der Waals surface area contributed by atoms with Crippen molar-refractivity contribution in [2.75, 3.05) is 13.2 Å². The first-order valence-corrected chi connectivity index (χ1v) is 7.06. The summed E-state index contributed by atoms with van der Waals surface area (Å²) in [4.78, 5) is 0. The summed E-state index contributed by atoms with van der Waals surface area (Å²) in [5, 5.41) is 0. The highest BCUT2D eigenvalue weighted by molar-refractivity contribution is 5.14. The molecule has 2 aliphatic rings. The van der Waals surface area contributed by atoms with Crippen LogP contribution in [-0.4, -0.2) is 13.2 Å². The molecule has 0 bridgehead atoms. The van der Waals surface area contributed by atoms with E-state index in [-0.39, 0.29) is 11.7 Å². The smallest absolute Gasteiger partial charge is 0.217 e. The van der Waals surface area contributed by atoms with E-state index in [0.29, 0.717) is 11.8 Å². The number of rotatable bonds is 1. The molecule has 1 fully saturated rings. The van der Waals surface area contributed by atoms with Crippen LogP contribution in [0.2, 0.25) is 0 Å². The van der Waals surface area contributed by atoms with Crippen molar-refractivity contribution in [3.63, 3.8) is 0 Å². The van der Waals surface area contributed by atoms with Gasteiger partial charge in [-0.2, -0.15) is 0 Å². The van der Waals surface area contributed by atoms with E-state index in [1.54, 1.807) is 6.26 Å². The van der Waals surface area contributed by atoms with E-state index in [1.807, 2.05) is 12.1 Å². The molecule has 2 atom stereocenters. The van der Waals surface area contributed by atoms with Gasteiger partial charge in [-0.1, -0.05) is 25.5 Å². The Labute approximate surface area is 114 Å². The van der Waals surface area contributed by atoms with Crippen molar-refractivity contribution in [1.29, 1.82) is 0 Å². The highest BCUT2D eigenvalue weighted by atomic mass is 16.7. The van der Waals surface area contributed by atoms with Crippen molar-refractivity contribution in [3.8, 4) is 0 Å². The molecule has 0 amide bonds. The zero-order chi connectivity index (χ0) is 13.5. The second kappa shape index (κ2) is 4.80. The van der Waals surface area contributed by atoms with Crippen LogP contribution in [0.25, 0.3) is 0 Å². The maximum Gasteiger partial charge on any atom is 0.217 e. The molecular formula is C16H22O3. The molecule has 3 nitrogen and oxygen atoms in total. The van der Waals surface area contributed by atoms with E-state index in [2.05, 4.69) is 26.8 Å². The van der Waals surface area contributed by atoms with Gasteiger partial charge < -0.3 is 13.9 Å². The molecule has 3 heteroatoms. The van der Waals surface area contributed by atoms with Gasteiger partial charge in [-0.25, -0.2) is 0 Å². The van der Waals surface area contributed by atoms with Crippen molar-refractivity contribution in [2.45, 2.75) is 33.5 Å².